The fraction of sp³-hybridized carbons (Fsp3) is 0.615. The lowest BCUT2D eigenvalue weighted by Crippen LogP contribution is -2.39. The third-order valence-electron chi connectivity index (χ3n) is 3.09. The minimum Gasteiger partial charge on any atom is -0.352 e. The molecule has 0 aliphatic heterocycles. The molecular weight excluding hydrogens is 250 g/mol. The molecule has 0 bridgehead atoms. The van der Waals surface area contributed by atoms with Crippen LogP contribution in [0.5, 0.6) is 0 Å². The van der Waals surface area contributed by atoms with Crippen LogP contribution >= 0.6 is 23.1 Å². The van der Waals surface area contributed by atoms with Crippen molar-refractivity contribution in [3.05, 3.63) is 22.4 Å². The van der Waals surface area contributed by atoms with Crippen LogP contribution in [0.1, 0.15) is 31.1 Å². The van der Waals surface area contributed by atoms with Gasteiger partial charge >= 0.3 is 0 Å². The summed E-state index contributed by atoms with van der Waals surface area (Å²) in [6.07, 6.45) is 4.19. The Morgan fingerprint density at radius 1 is 1.59 bits per heavy atom. The molecule has 1 aliphatic rings. The van der Waals surface area contributed by atoms with Crippen LogP contribution in [0, 0.1) is 0 Å². The first-order valence-corrected chi connectivity index (χ1v) is 8.15. The first-order chi connectivity index (χ1) is 8.29. The van der Waals surface area contributed by atoms with Crippen molar-refractivity contribution in [2.24, 2.45) is 0 Å². The number of thioether (sulfide) groups is 1. The monoisotopic (exact) mass is 269 g/mol. The number of nitrogens with one attached hydrogen (secondary N) is 1. The molecule has 0 spiro atoms. The Morgan fingerprint density at radius 2 is 2.47 bits per heavy atom. The van der Waals surface area contributed by atoms with Gasteiger partial charge in [0.2, 0.25) is 5.91 Å². The lowest BCUT2D eigenvalue weighted by Gasteiger charge is -2.19. The lowest BCUT2D eigenvalue weighted by molar-refractivity contribution is -0.121. The van der Waals surface area contributed by atoms with Crippen molar-refractivity contribution < 1.29 is 4.79 Å². The number of thiophene rings is 1. The molecule has 1 aromatic heterocycles. The normalized spacial score (nSPS) is 23.8. The maximum Gasteiger partial charge on any atom is 0.225 e. The van der Waals surface area contributed by atoms with E-state index in [4.69, 9.17) is 0 Å². The molecule has 1 amide bonds. The van der Waals surface area contributed by atoms with E-state index in [1.165, 1.54) is 12.8 Å². The van der Waals surface area contributed by atoms with E-state index in [-0.39, 0.29) is 5.91 Å². The van der Waals surface area contributed by atoms with Gasteiger partial charge in [-0.1, -0.05) is 19.4 Å². The number of hydrogen-bond donors (Lipinski definition) is 1. The molecule has 0 aromatic carbocycles. The standard InChI is InChI=1S/C13H19NOS2/c1-2-16-12-7-3-6-11(12)14-13(15)9-10-5-4-8-17-10/h4-5,8,11-12H,2-3,6-7,9H2,1H3,(H,14,15)/t11-,12-/m1/s1. The third kappa shape index (κ3) is 3.75. The summed E-state index contributed by atoms with van der Waals surface area (Å²) >= 11 is 3.64. The smallest absolute Gasteiger partial charge is 0.225 e. The van der Waals surface area contributed by atoms with Gasteiger partial charge in [0.1, 0.15) is 0 Å². The Morgan fingerprint density at radius 3 is 3.18 bits per heavy atom. The van der Waals surface area contributed by atoms with Crippen molar-refractivity contribution in [2.75, 3.05) is 5.75 Å². The van der Waals surface area contributed by atoms with Gasteiger partial charge in [-0.15, -0.1) is 11.3 Å². The number of carbonyl (C=O) groups excluding carboxylic acids is 1. The van der Waals surface area contributed by atoms with E-state index in [1.807, 2.05) is 29.3 Å². The van der Waals surface area contributed by atoms with Gasteiger partial charge in [-0.05, 0) is 30.0 Å². The molecule has 0 radical (unpaired) electrons. The number of carbonyl (C=O) groups is 1. The summed E-state index contributed by atoms with van der Waals surface area (Å²) in [5, 5.41) is 5.85. The minimum absolute atomic E-state index is 0.182. The molecule has 1 aromatic rings. The van der Waals surface area contributed by atoms with Crippen molar-refractivity contribution in [2.45, 2.75) is 43.9 Å². The van der Waals surface area contributed by atoms with E-state index < -0.39 is 0 Å². The molecule has 1 fully saturated rings. The lowest BCUT2D eigenvalue weighted by atomic mass is 10.2. The first kappa shape index (κ1) is 13.0. The van der Waals surface area contributed by atoms with Crippen LogP contribution < -0.4 is 5.32 Å². The summed E-state index contributed by atoms with van der Waals surface area (Å²) in [5.74, 6) is 1.32. The predicted octanol–water partition coefficient (Wildman–Crippen LogP) is 3.08. The average molecular weight is 269 g/mol. The quantitative estimate of drug-likeness (QED) is 0.890. The van der Waals surface area contributed by atoms with Crippen LogP contribution in [0.25, 0.3) is 0 Å². The van der Waals surface area contributed by atoms with Gasteiger partial charge in [-0.25, -0.2) is 0 Å². The van der Waals surface area contributed by atoms with E-state index in [9.17, 15) is 4.79 Å². The van der Waals surface area contributed by atoms with E-state index in [0.29, 0.717) is 17.7 Å². The minimum atomic E-state index is 0.182. The maximum absolute atomic E-state index is 11.9. The van der Waals surface area contributed by atoms with Crippen molar-refractivity contribution in [1.29, 1.82) is 0 Å². The molecule has 0 unspecified atom stereocenters. The number of hydrogen-bond acceptors (Lipinski definition) is 3. The van der Waals surface area contributed by atoms with Crippen LogP contribution in [-0.4, -0.2) is 23.0 Å². The van der Waals surface area contributed by atoms with Gasteiger partial charge < -0.3 is 5.32 Å². The van der Waals surface area contributed by atoms with Crippen LogP contribution in [0.4, 0.5) is 0 Å². The molecule has 1 N–H and O–H groups in total. The van der Waals surface area contributed by atoms with Crippen molar-refractivity contribution >= 4 is 29.0 Å². The largest absolute Gasteiger partial charge is 0.352 e. The fourth-order valence-electron chi connectivity index (χ4n) is 2.33. The summed E-state index contributed by atoms with van der Waals surface area (Å²) in [5.41, 5.74) is 0. The molecule has 2 atom stereocenters. The zero-order chi connectivity index (χ0) is 12.1. The molecular formula is C13H19NOS2. The van der Waals surface area contributed by atoms with Gasteiger partial charge in [0.25, 0.3) is 0 Å². The second kappa shape index (κ2) is 6.45. The van der Waals surface area contributed by atoms with Gasteiger partial charge in [0.05, 0.1) is 6.42 Å². The summed E-state index contributed by atoms with van der Waals surface area (Å²) in [6.45, 7) is 2.19. The van der Waals surface area contributed by atoms with Gasteiger partial charge in [0, 0.05) is 16.2 Å². The second-order valence-electron chi connectivity index (χ2n) is 4.35. The van der Waals surface area contributed by atoms with Crippen LogP contribution in [0.15, 0.2) is 17.5 Å². The van der Waals surface area contributed by atoms with Crippen LogP contribution in [-0.2, 0) is 11.2 Å². The third-order valence-corrected chi connectivity index (χ3v) is 5.30. The topological polar surface area (TPSA) is 29.1 Å². The highest BCUT2D eigenvalue weighted by Crippen LogP contribution is 2.29. The summed E-state index contributed by atoms with van der Waals surface area (Å²) < 4.78 is 0. The zero-order valence-electron chi connectivity index (χ0n) is 10.1. The highest BCUT2D eigenvalue weighted by atomic mass is 32.2. The number of rotatable bonds is 5. The van der Waals surface area contributed by atoms with Crippen LogP contribution in [0.2, 0.25) is 0 Å². The van der Waals surface area contributed by atoms with E-state index in [0.717, 1.165) is 17.1 Å². The molecule has 17 heavy (non-hydrogen) atoms. The highest BCUT2D eigenvalue weighted by Gasteiger charge is 2.28. The predicted molar refractivity (Wildman–Crippen MR) is 75.7 cm³/mol. The zero-order valence-corrected chi connectivity index (χ0v) is 11.8. The summed E-state index contributed by atoms with van der Waals surface area (Å²) in [6, 6.07) is 4.42. The van der Waals surface area contributed by atoms with E-state index in [2.05, 4.69) is 12.2 Å². The SMILES string of the molecule is CCS[C@@H]1CCC[C@H]1NC(=O)Cc1cccs1. The maximum atomic E-state index is 11.9. The Labute approximate surface area is 111 Å². The first-order valence-electron chi connectivity index (χ1n) is 6.23. The Balaban J connectivity index is 1.81. The molecule has 1 saturated carbocycles. The number of amides is 1. The van der Waals surface area contributed by atoms with Crippen LogP contribution in [0.3, 0.4) is 0 Å². The Hall–Kier alpha value is -0.480. The van der Waals surface area contributed by atoms with Gasteiger partial charge in [-0.3, -0.25) is 4.79 Å². The average Bonchev–Trinajstić information content (AvgIpc) is 2.92. The van der Waals surface area contributed by atoms with Crippen molar-refractivity contribution in [3.8, 4) is 0 Å². The fourth-order valence-corrected chi connectivity index (χ4v) is 4.24. The van der Waals surface area contributed by atoms with E-state index in [1.54, 1.807) is 11.3 Å². The molecule has 2 nitrogen and oxygen atoms in total. The molecule has 0 saturated heterocycles. The highest BCUT2D eigenvalue weighted by molar-refractivity contribution is 7.99. The van der Waals surface area contributed by atoms with E-state index >= 15 is 0 Å². The Bertz CT molecular complexity index is 350. The Kier molecular flexibility index (Phi) is 4.92. The molecule has 1 aliphatic carbocycles. The molecule has 1 heterocycles. The summed E-state index contributed by atoms with van der Waals surface area (Å²) in [4.78, 5) is 13.1. The van der Waals surface area contributed by atoms with Crippen molar-refractivity contribution in [1.82, 2.24) is 5.32 Å². The van der Waals surface area contributed by atoms with Gasteiger partial charge in [0.15, 0.2) is 0 Å². The van der Waals surface area contributed by atoms with Gasteiger partial charge in [-0.2, -0.15) is 11.8 Å². The molecule has 4 heteroatoms. The summed E-state index contributed by atoms with van der Waals surface area (Å²) in [7, 11) is 0. The van der Waals surface area contributed by atoms with Crippen molar-refractivity contribution in [3.63, 3.8) is 0 Å². The molecule has 2 rings (SSSR count). The second-order valence-corrected chi connectivity index (χ2v) is 6.90. The molecule has 94 valence electrons.